The molecule has 10 heteroatoms. The van der Waals surface area contributed by atoms with Gasteiger partial charge in [0.05, 0.1) is 11.3 Å². The molecular formula is C23H25Cl2N5O2S. The minimum atomic E-state index is -0.463. The van der Waals surface area contributed by atoms with E-state index in [0.717, 1.165) is 0 Å². The van der Waals surface area contributed by atoms with Crippen LogP contribution in [0, 0.1) is 5.92 Å². The van der Waals surface area contributed by atoms with Gasteiger partial charge in [0.1, 0.15) is 0 Å². The van der Waals surface area contributed by atoms with Crippen LogP contribution in [0.1, 0.15) is 43.0 Å². The summed E-state index contributed by atoms with van der Waals surface area (Å²) in [5.74, 6) is 0.290. The lowest BCUT2D eigenvalue weighted by molar-refractivity contribution is -0.115. The molecule has 0 saturated carbocycles. The molecule has 2 N–H and O–H groups in total. The molecule has 2 unspecified atom stereocenters. The fourth-order valence-corrected chi connectivity index (χ4v) is 4.47. The van der Waals surface area contributed by atoms with E-state index in [1.54, 1.807) is 41.8 Å². The minimum absolute atomic E-state index is 0.0757. The second-order valence-corrected chi connectivity index (χ2v) is 10.0. The van der Waals surface area contributed by atoms with Crippen LogP contribution in [0.2, 0.25) is 10.0 Å². The highest BCUT2D eigenvalue weighted by Gasteiger charge is 2.26. The van der Waals surface area contributed by atoms with Crippen LogP contribution in [-0.2, 0) is 11.8 Å². The molecule has 2 aromatic carbocycles. The SMILES string of the molecule is CC(Sc1nnc(C(NC(=O)c2ccccc2)C(C)C)n1C)C(=O)Nc1cc(Cl)cc(Cl)c1. The van der Waals surface area contributed by atoms with Crippen LogP contribution in [0.15, 0.2) is 53.7 Å². The van der Waals surface area contributed by atoms with Gasteiger partial charge in [-0.05, 0) is 43.2 Å². The zero-order chi connectivity index (χ0) is 24.1. The van der Waals surface area contributed by atoms with Gasteiger partial charge in [-0.3, -0.25) is 9.59 Å². The third kappa shape index (κ3) is 6.50. The first kappa shape index (κ1) is 25.1. The first-order valence-corrected chi connectivity index (χ1v) is 12.0. The molecule has 0 bridgehead atoms. The number of amides is 2. The molecule has 2 atom stereocenters. The number of thioether (sulfide) groups is 1. The second kappa shape index (κ2) is 11.0. The van der Waals surface area contributed by atoms with E-state index < -0.39 is 5.25 Å². The number of benzene rings is 2. The third-order valence-corrected chi connectivity index (χ3v) is 6.49. The average Bonchev–Trinajstić information content (AvgIpc) is 3.11. The van der Waals surface area contributed by atoms with Gasteiger partial charge in [0.25, 0.3) is 5.91 Å². The smallest absolute Gasteiger partial charge is 0.251 e. The van der Waals surface area contributed by atoms with Crippen LogP contribution < -0.4 is 10.6 Å². The summed E-state index contributed by atoms with van der Waals surface area (Å²) in [6, 6.07) is 13.5. The number of nitrogens with one attached hydrogen (secondary N) is 2. The maximum absolute atomic E-state index is 12.7. The quantitative estimate of drug-likeness (QED) is 0.401. The number of anilines is 1. The summed E-state index contributed by atoms with van der Waals surface area (Å²) < 4.78 is 1.81. The highest BCUT2D eigenvalue weighted by Crippen LogP contribution is 2.28. The van der Waals surface area contributed by atoms with Crippen LogP contribution in [0.4, 0.5) is 5.69 Å². The Kier molecular flexibility index (Phi) is 8.40. The van der Waals surface area contributed by atoms with Gasteiger partial charge in [0.2, 0.25) is 5.91 Å². The molecule has 7 nitrogen and oxygen atoms in total. The molecule has 174 valence electrons. The Morgan fingerprint density at radius 2 is 1.64 bits per heavy atom. The molecule has 3 aromatic rings. The second-order valence-electron chi connectivity index (χ2n) is 7.87. The van der Waals surface area contributed by atoms with Gasteiger partial charge in [-0.2, -0.15) is 0 Å². The van der Waals surface area contributed by atoms with Gasteiger partial charge in [-0.1, -0.05) is 67.0 Å². The van der Waals surface area contributed by atoms with Gasteiger partial charge < -0.3 is 15.2 Å². The summed E-state index contributed by atoms with van der Waals surface area (Å²) in [5, 5.41) is 15.4. The molecule has 0 fully saturated rings. The lowest BCUT2D eigenvalue weighted by Gasteiger charge is -2.22. The van der Waals surface area contributed by atoms with Crippen LogP contribution >= 0.6 is 35.0 Å². The van der Waals surface area contributed by atoms with Crippen molar-refractivity contribution in [1.82, 2.24) is 20.1 Å². The number of carbonyl (C=O) groups excluding carboxylic acids is 2. The van der Waals surface area contributed by atoms with Crippen molar-refractivity contribution in [2.24, 2.45) is 13.0 Å². The van der Waals surface area contributed by atoms with Gasteiger partial charge in [-0.25, -0.2) is 0 Å². The van der Waals surface area contributed by atoms with E-state index in [4.69, 9.17) is 23.2 Å². The van der Waals surface area contributed by atoms with E-state index in [1.165, 1.54) is 11.8 Å². The Balaban J connectivity index is 1.71. The number of hydrogen-bond donors (Lipinski definition) is 2. The molecule has 1 heterocycles. The maximum atomic E-state index is 12.7. The lowest BCUT2D eigenvalue weighted by atomic mass is 10.0. The fraction of sp³-hybridized carbons (Fsp3) is 0.304. The molecule has 0 spiro atoms. The molecule has 33 heavy (non-hydrogen) atoms. The van der Waals surface area contributed by atoms with Gasteiger partial charge in [0, 0.05) is 28.3 Å². The number of halogens is 2. The van der Waals surface area contributed by atoms with Crippen LogP contribution in [0.25, 0.3) is 0 Å². The molecular weight excluding hydrogens is 481 g/mol. The predicted octanol–water partition coefficient (Wildman–Crippen LogP) is 5.37. The van der Waals surface area contributed by atoms with Crippen LogP contribution in [-0.4, -0.2) is 31.8 Å². The molecule has 0 aliphatic heterocycles. The largest absolute Gasteiger partial charge is 0.342 e. The summed E-state index contributed by atoms with van der Waals surface area (Å²) >= 11 is 13.3. The van der Waals surface area contributed by atoms with Crippen LogP contribution in [0.5, 0.6) is 0 Å². The number of rotatable bonds is 8. The third-order valence-electron chi connectivity index (χ3n) is 4.92. The lowest BCUT2D eigenvalue weighted by Crippen LogP contribution is -2.33. The number of carbonyl (C=O) groups is 2. The van der Waals surface area contributed by atoms with Gasteiger partial charge >= 0.3 is 0 Å². The number of aromatic nitrogens is 3. The summed E-state index contributed by atoms with van der Waals surface area (Å²) in [6.45, 7) is 5.78. The Morgan fingerprint density at radius 1 is 1.00 bits per heavy atom. The Bertz CT molecular complexity index is 1120. The van der Waals surface area contributed by atoms with Crippen molar-refractivity contribution in [2.45, 2.75) is 37.2 Å². The van der Waals surface area contributed by atoms with Gasteiger partial charge in [0.15, 0.2) is 11.0 Å². The molecule has 1 aromatic heterocycles. The number of nitrogens with zero attached hydrogens (tertiary/aromatic N) is 3. The van der Waals surface area contributed by atoms with Crippen molar-refractivity contribution in [2.75, 3.05) is 5.32 Å². The van der Waals surface area contributed by atoms with Crippen molar-refractivity contribution in [3.63, 3.8) is 0 Å². The van der Waals surface area contributed by atoms with Crippen molar-refractivity contribution < 1.29 is 9.59 Å². The van der Waals surface area contributed by atoms with Crippen molar-refractivity contribution in [1.29, 1.82) is 0 Å². The monoisotopic (exact) mass is 505 g/mol. The van der Waals surface area contributed by atoms with E-state index in [1.807, 2.05) is 39.1 Å². The summed E-state index contributed by atoms with van der Waals surface area (Å²) in [6.07, 6.45) is 0. The first-order valence-electron chi connectivity index (χ1n) is 10.3. The standard InChI is InChI=1S/C23H25Cl2N5O2S/c1-13(2)19(27-22(32)15-8-6-5-7-9-15)20-28-29-23(30(20)4)33-14(3)21(31)26-18-11-16(24)10-17(25)12-18/h5-14,19H,1-4H3,(H,26,31)(H,27,32). The molecule has 0 aliphatic carbocycles. The molecule has 3 rings (SSSR count). The van der Waals surface area contributed by atoms with E-state index in [9.17, 15) is 9.59 Å². The Labute approximate surface area is 207 Å². The molecule has 0 aliphatic rings. The molecule has 0 radical (unpaired) electrons. The zero-order valence-corrected chi connectivity index (χ0v) is 21.0. The Hall–Kier alpha value is -2.55. The highest BCUT2D eigenvalue weighted by molar-refractivity contribution is 8.00. The van der Waals surface area contributed by atoms with Crippen molar-refractivity contribution >= 4 is 52.5 Å². The molecule has 2 amide bonds. The number of hydrogen-bond acceptors (Lipinski definition) is 5. The fourth-order valence-electron chi connectivity index (χ4n) is 3.12. The zero-order valence-electron chi connectivity index (χ0n) is 18.7. The van der Waals surface area contributed by atoms with Crippen molar-refractivity contribution in [3.05, 3.63) is 70.0 Å². The highest BCUT2D eigenvalue weighted by atomic mass is 35.5. The van der Waals surface area contributed by atoms with Crippen LogP contribution in [0.3, 0.4) is 0 Å². The molecule has 0 saturated heterocycles. The Morgan fingerprint density at radius 3 is 2.24 bits per heavy atom. The van der Waals surface area contributed by atoms with E-state index in [-0.39, 0.29) is 23.8 Å². The van der Waals surface area contributed by atoms with E-state index >= 15 is 0 Å². The average molecular weight is 506 g/mol. The van der Waals surface area contributed by atoms with E-state index in [0.29, 0.717) is 32.3 Å². The van der Waals surface area contributed by atoms with Crippen molar-refractivity contribution in [3.8, 4) is 0 Å². The topological polar surface area (TPSA) is 88.9 Å². The maximum Gasteiger partial charge on any atom is 0.251 e. The summed E-state index contributed by atoms with van der Waals surface area (Å²) in [4.78, 5) is 25.4. The van der Waals surface area contributed by atoms with Gasteiger partial charge in [-0.15, -0.1) is 10.2 Å². The first-order chi connectivity index (χ1) is 15.7. The van der Waals surface area contributed by atoms with E-state index in [2.05, 4.69) is 20.8 Å². The summed E-state index contributed by atoms with van der Waals surface area (Å²) in [5.41, 5.74) is 1.10. The summed E-state index contributed by atoms with van der Waals surface area (Å²) in [7, 11) is 1.82. The predicted molar refractivity (Wildman–Crippen MR) is 133 cm³/mol. The minimum Gasteiger partial charge on any atom is -0.342 e. The normalized spacial score (nSPS) is 12.9.